The van der Waals surface area contributed by atoms with Gasteiger partial charge in [0.05, 0.1) is 0 Å². The van der Waals surface area contributed by atoms with Gasteiger partial charge in [-0.1, -0.05) is 12.1 Å². The number of carbonyl (C=O) groups is 2. The molecule has 1 aromatic heterocycles. The first kappa shape index (κ1) is 13.8. The van der Waals surface area contributed by atoms with Crippen molar-refractivity contribution in [3.05, 3.63) is 59.7 Å². The third kappa shape index (κ3) is 3.94. The van der Waals surface area contributed by atoms with Gasteiger partial charge in [-0.3, -0.25) is 4.79 Å². The number of ether oxygens (including phenoxy) is 1. The monoisotopic (exact) mass is 276 g/mol. The van der Waals surface area contributed by atoms with Crippen LogP contribution in [0.5, 0.6) is 0 Å². The minimum Gasteiger partial charge on any atom is -0.451 e. The number of rotatable bonds is 5. The van der Waals surface area contributed by atoms with E-state index in [4.69, 9.17) is 4.74 Å². The predicted molar refractivity (Wildman–Crippen MR) is 69.3 cm³/mol. The molecule has 0 aliphatic heterocycles. The smallest absolute Gasteiger partial charge is 0.355 e. The van der Waals surface area contributed by atoms with E-state index >= 15 is 0 Å². The van der Waals surface area contributed by atoms with Crippen LogP contribution in [0.4, 0.5) is 4.39 Å². The molecule has 1 heterocycles. The molecule has 0 bridgehead atoms. The maximum Gasteiger partial charge on any atom is 0.355 e. The summed E-state index contributed by atoms with van der Waals surface area (Å²) < 4.78 is 17.5. The largest absolute Gasteiger partial charge is 0.451 e. The van der Waals surface area contributed by atoms with Gasteiger partial charge in [-0.2, -0.15) is 0 Å². The summed E-state index contributed by atoms with van der Waals surface area (Å²) in [7, 11) is 0. The second-order valence-electron chi connectivity index (χ2n) is 4.06. The van der Waals surface area contributed by atoms with Crippen molar-refractivity contribution in [1.82, 2.24) is 10.3 Å². The molecule has 0 fully saturated rings. The van der Waals surface area contributed by atoms with Crippen LogP contribution in [0.15, 0.2) is 42.6 Å². The Morgan fingerprint density at radius 1 is 1.20 bits per heavy atom. The molecule has 0 unspecified atom stereocenters. The average molecular weight is 276 g/mol. The maximum atomic E-state index is 12.7. The number of nitrogens with one attached hydrogen (secondary N) is 2. The van der Waals surface area contributed by atoms with Gasteiger partial charge in [-0.25, -0.2) is 9.18 Å². The molecule has 2 N–H and O–H groups in total. The lowest BCUT2D eigenvalue weighted by Crippen LogP contribution is -2.28. The first-order chi connectivity index (χ1) is 9.65. The number of esters is 1. The van der Waals surface area contributed by atoms with E-state index in [1.165, 1.54) is 12.1 Å². The Labute approximate surface area is 114 Å². The summed E-state index contributed by atoms with van der Waals surface area (Å²) >= 11 is 0. The third-order valence-corrected chi connectivity index (χ3v) is 2.56. The highest BCUT2D eigenvalue weighted by atomic mass is 19.1. The summed E-state index contributed by atoms with van der Waals surface area (Å²) in [5.74, 6) is -1.35. The SMILES string of the molecule is O=C(COC(=O)c1ccc[nH]1)NCc1ccc(F)cc1. The Morgan fingerprint density at radius 2 is 1.95 bits per heavy atom. The summed E-state index contributed by atoms with van der Waals surface area (Å²) in [6, 6.07) is 8.98. The molecule has 0 atom stereocenters. The highest BCUT2D eigenvalue weighted by Crippen LogP contribution is 2.02. The Morgan fingerprint density at radius 3 is 2.60 bits per heavy atom. The van der Waals surface area contributed by atoms with Gasteiger partial charge < -0.3 is 15.0 Å². The fourth-order valence-electron chi connectivity index (χ4n) is 1.52. The van der Waals surface area contributed by atoms with Gasteiger partial charge in [-0.05, 0) is 29.8 Å². The number of halogens is 1. The zero-order valence-corrected chi connectivity index (χ0v) is 10.6. The molecule has 2 aromatic rings. The summed E-state index contributed by atoms with van der Waals surface area (Å²) in [5.41, 5.74) is 1.05. The normalized spacial score (nSPS) is 10.1. The van der Waals surface area contributed by atoms with Crippen molar-refractivity contribution in [2.75, 3.05) is 6.61 Å². The van der Waals surface area contributed by atoms with Crippen LogP contribution in [0.1, 0.15) is 16.1 Å². The molecule has 0 spiro atoms. The van der Waals surface area contributed by atoms with Crippen molar-refractivity contribution in [3.8, 4) is 0 Å². The van der Waals surface area contributed by atoms with Crippen LogP contribution in [0, 0.1) is 5.82 Å². The topological polar surface area (TPSA) is 71.2 Å². The summed E-state index contributed by atoms with van der Waals surface area (Å²) in [5, 5.41) is 2.57. The molecule has 2 rings (SSSR count). The molecule has 104 valence electrons. The van der Waals surface area contributed by atoms with Crippen LogP contribution in [0.2, 0.25) is 0 Å². The van der Waals surface area contributed by atoms with E-state index in [9.17, 15) is 14.0 Å². The molecule has 20 heavy (non-hydrogen) atoms. The molecule has 0 radical (unpaired) electrons. The Hall–Kier alpha value is -2.63. The van der Waals surface area contributed by atoms with Crippen LogP contribution in [0.25, 0.3) is 0 Å². The molecule has 1 aromatic carbocycles. The van der Waals surface area contributed by atoms with E-state index < -0.39 is 11.9 Å². The van der Waals surface area contributed by atoms with Crippen LogP contribution < -0.4 is 5.32 Å². The molecular weight excluding hydrogens is 263 g/mol. The van der Waals surface area contributed by atoms with Crippen molar-refractivity contribution in [2.45, 2.75) is 6.54 Å². The van der Waals surface area contributed by atoms with Gasteiger partial charge in [0.1, 0.15) is 11.5 Å². The number of benzene rings is 1. The van der Waals surface area contributed by atoms with E-state index in [2.05, 4.69) is 10.3 Å². The molecule has 5 nitrogen and oxygen atoms in total. The van der Waals surface area contributed by atoms with E-state index in [0.717, 1.165) is 5.56 Å². The number of H-pyrrole nitrogens is 1. The lowest BCUT2D eigenvalue weighted by molar-refractivity contribution is -0.124. The Kier molecular flexibility index (Phi) is 4.49. The predicted octanol–water partition coefficient (Wildman–Crippen LogP) is 1.63. The van der Waals surface area contributed by atoms with Gasteiger partial charge >= 0.3 is 5.97 Å². The Balaban J connectivity index is 1.73. The van der Waals surface area contributed by atoms with Gasteiger partial charge in [0.2, 0.25) is 0 Å². The number of hydrogen-bond acceptors (Lipinski definition) is 3. The summed E-state index contributed by atoms with van der Waals surface area (Å²) in [6.07, 6.45) is 1.59. The van der Waals surface area contributed by atoms with Crippen molar-refractivity contribution in [3.63, 3.8) is 0 Å². The standard InChI is InChI=1S/C14H13FN2O3/c15-11-5-3-10(4-6-11)8-17-13(18)9-20-14(19)12-2-1-7-16-12/h1-7,16H,8-9H2,(H,17,18). The lowest BCUT2D eigenvalue weighted by Gasteiger charge is -2.06. The highest BCUT2D eigenvalue weighted by molar-refractivity contribution is 5.89. The second kappa shape index (κ2) is 6.51. The van der Waals surface area contributed by atoms with E-state index in [1.54, 1.807) is 30.5 Å². The van der Waals surface area contributed by atoms with Crippen LogP contribution in [-0.2, 0) is 16.1 Å². The van der Waals surface area contributed by atoms with E-state index in [0.29, 0.717) is 0 Å². The average Bonchev–Trinajstić information content (AvgIpc) is 2.98. The first-order valence-corrected chi connectivity index (χ1v) is 5.97. The zero-order valence-electron chi connectivity index (χ0n) is 10.6. The number of carbonyl (C=O) groups excluding carboxylic acids is 2. The highest BCUT2D eigenvalue weighted by Gasteiger charge is 2.10. The van der Waals surface area contributed by atoms with Gasteiger partial charge in [-0.15, -0.1) is 0 Å². The first-order valence-electron chi connectivity index (χ1n) is 5.97. The van der Waals surface area contributed by atoms with Crippen molar-refractivity contribution >= 4 is 11.9 Å². The fraction of sp³-hybridized carbons (Fsp3) is 0.143. The summed E-state index contributed by atoms with van der Waals surface area (Å²) in [4.78, 5) is 25.6. The van der Waals surface area contributed by atoms with Gasteiger partial charge in [0.15, 0.2) is 6.61 Å². The summed E-state index contributed by atoms with van der Waals surface area (Å²) in [6.45, 7) is -0.113. The third-order valence-electron chi connectivity index (χ3n) is 2.56. The molecular formula is C14H13FN2O3. The molecule has 0 saturated carbocycles. The Bertz CT molecular complexity index is 579. The van der Waals surface area contributed by atoms with Crippen molar-refractivity contribution < 1.29 is 18.7 Å². The van der Waals surface area contributed by atoms with E-state index in [1.807, 2.05) is 0 Å². The van der Waals surface area contributed by atoms with Crippen molar-refractivity contribution in [2.24, 2.45) is 0 Å². The second-order valence-corrected chi connectivity index (χ2v) is 4.06. The quantitative estimate of drug-likeness (QED) is 0.815. The number of hydrogen-bond donors (Lipinski definition) is 2. The lowest BCUT2D eigenvalue weighted by atomic mass is 10.2. The van der Waals surface area contributed by atoms with Crippen LogP contribution in [0.3, 0.4) is 0 Å². The van der Waals surface area contributed by atoms with E-state index in [-0.39, 0.29) is 24.7 Å². The minimum absolute atomic E-state index is 0.249. The molecule has 1 amide bonds. The van der Waals surface area contributed by atoms with Gasteiger partial charge in [0.25, 0.3) is 5.91 Å². The number of aromatic amines is 1. The number of aromatic nitrogens is 1. The van der Waals surface area contributed by atoms with Crippen LogP contribution in [-0.4, -0.2) is 23.5 Å². The molecule has 0 aliphatic carbocycles. The molecule has 6 heteroatoms. The number of amides is 1. The minimum atomic E-state index is -0.591. The van der Waals surface area contributed by atoms with Gasteiger partial charge in [0, 0.05) is 12.7 Å². The van der Waals surface area contributed by atoms with Crippen LogP contribution >= 0.6 is 0 Å². The molecule has 0 aliphatic rings. The maximum absolute atomic E-state index is 12.7. The van der Waals surface area contributed by atoms with Crippen molar-refractivity contribution in [1.29, 1.82) is 0 Å². The zero-order chi connectivity index (χ0) is 14.4. The fourth-order valence-corrected chi connectivity index (χ4v) is 1.52. The molecule has 0 saturated heterocycles.